The fourth-order valence-corrected chi connectivity index (χ4v) is 2.84. The van der Waals surface area contributed by atoms with Gasteiger partial charge < -0.3 is 9.84 Å². The molecule has 0 radical (unpaired) electrons. The Labute approximate surface area is 127 Å². The molecule has 114 valence electrons. The van der Waals surface area contributed by atoms with Crippen LogP contribution in [0, 0.1) is 17.8 Å². The van der Waals surface area contributed by atoms with Crippen molar-refractivity contribution in [3.05, 3.63) is 29.3 Å². The van der Waals surface area contributed by atoms with Crippen molar-refractivity contribution in [1.82, 2.24) is 4.90 Å². The molecular weight excluding hydrogens is 262 g/mol. The van der Waals surface area contributed by atoms with Gasteiger partial charge in [0.25, 0.3) is 0 Å². The second-order valence-electron chi connectivity index (χ2n) is 5.80. The van der Waals surface area contributed by atoms with Crippen LogP contribution in [0.25, 0.3) is 0 Å². The van der Waals surface area contributed by atoms with Crippen molar-refractivity contribution in [1.29, 1.82) is 0 Å². The molecule has 3 nitrogen and oxygen atoms in total. The highest BCUT2D eigenvalue weighted by atomic mass is 16.5. The van der Waals surface area contributed by atoms with E-state index in [9.17, 15) is 0 Å². The quantitative estimate of drug-likeness (QED) is 0.868. The number of hydrogen-bond donors (Lipinski definition) is 1. The van der Waals surface area contributed by atoms with Gasteiger partial charge in [-0.3, -0.25) is 4.90 Å². The summed E-state index contributed by atoms with van der Waals surface area (Å²) in [5.41, 5.74) is 2.11. The Hall–Kier alpha value is -1.50. The third-order valence-corrected chi connectivity index (χ3v) is 4.10. The van der Waals surface area contributed by atoms with Crippen molar-refractivity contribution in [3.63, 3.8) is 0 Å². The van der Waals surface area contributed by atoms with Gasteiger partial charge in [-0.15, -0.1) is 0 Å². The van der Waals surface area contributed by atoms with E-state index in [0.717, 1.165) is 36.9 Å². The van der Waals surface area contributed by atoms with Crippen LogP contribution in [0.4, 0.5) is 0 Å². The van der Waals surface area contributed by atoms with Crippen molar-refractivity contribution in [2.45, 2.75) is 32.7 Å². The van der Waals surface area contributed by atoms with Crippen LogP contribution in [0.2, 0.25) is 0 Å². The molecule has 1 heterocycles. The van der Waals surface area contributed by atoms with Crippen molar-refractivity contribution in [2.75, 3.05) is 26.8 Å². The van der Waals surface area contributed by atoms with Crippen LogP contribution >= 0.6 is 0 Å². The third-order valence-electron chi connectivity index (χ3n) is 4.10. The molecule has 0 amide bonds. The molecular formula is C18H25NO2. The Kier molecular flexibility index (Phi) is 6.10. The highest BCUT2D eigenvalue weighted by molar-refractivity contribution is 5.44. The van der Waals surface area contributed by atoms with Crippen LogP contribution < -0.4 is 4.74 Å². The molecule has 3 heteroatoms. The summed E-state index contributed by atoms with van der Waals surface area (Å²) in [5, 5.41) is 8.81. The molecule has 1 aromatic rings. The van der Waals surface area contributed by atoms with Gasteiger partial charge in [0, 0.05) is 17.7 Å². The largest absolute Gasteiger partial charge is 0.496 e. The van der Waals surface area contributed by atoms with E-state index in [1.165, 1.54) is 24.8 Å². The van der Waals surface area contributed by atoms with Gasteiger partial charge in [-0.05, 0) is 56.5 Å². The number of rotatable bonds is 3. The van der Waals surface area contributed by atoms with E-state index in [-0.39, 0.29) is 6.61 Å². The molecule has 1 saturated heterocycles. The fourth-order valence-electron chi connectivity index (χ4n) is 2.84. The maximum atomic E-state index is 8.81. The minimum atomic E-state index is -0.106. The average molecular weight is 287 g/mol. The summed E-state index contributed by atoms with van der Waals surface area (Å²) in [6, 6.07) is 5.99. The van der Waals surface area contributed by atoms with Gasteiger partial charge in [-0.1, -0.05) is 18.8 Å². The first-order valence-corrected chi connectivity index (χ1v) is 7.72. The SMILES string of the molecule is COc1ccc(C#CCO)cc1CN1CCCC(C)CC1. The van der Waals surface area contributed by atoms with Gasteiger partial charge in [0.2, 0.25) is 0 Å². The lowest BCUT2D eigenvalue weighted by Crippen LogP contribution is -2.24. The highest BCUT2D eigenvalue weighted by Crippen LogP contribution is 2.24. The summed E-state index contributed by atoms with van der Waals surface area (Å²) >= 11 is 0. The first-order chi connectivity index (χ1) is 10.2. The van der Waals surface area contributed by atoms with Crippen molar-refractivity contribution >= 4 is 0 Å². The van der Waals surface area contributed by atoms with E-state index in [4.69, 9.17) is 9.84 Å². The molecule has 0 saturated carbocycles. The molecule has 1 unspecified atom stereocenters. The van der Waals surface area contributed by atoms with Gasteiger partial charge >= 0.3 is 0 Å². The topological polar surface area (TPSA) is 32.7 Å². The Balaban J connectivity index is 2.12. The van der Waals surface area contributed by atoms with Crippen LogP contribution in [0.15, 0.2) is 18.2 Å². The van der Waals surface area contributed by atoms with E-state index < -0.39 is 0 Å². The second kappa shape index (κ2) is 8.07. The van der Waals surface area contributed by atoms with Gasteiger partial charge in [0.15, 0.2) is 0 Å². The highest BCUT2D eigenvalue weighted by Gasteiger charge is 2.15. The number of aliphatic hydroxyl groups is 1. The van der Waals surface area contributed by atoms with Gasteiger partial charge in [0.05, 0.1) is 7.11 Å². The number of likely N-dealkylation sites (tertiary alicyclic amines) is 1. The zero-order valence-electron chi connectivity index (χ0n) is 13.1. The van der Waals surface area contributed by atoms with Gasteiger partial charge in [-0.25, -0.2) is 0 Å². The zero-order valence-corrected chi connectivity index (χ0v) is 13.1. The van der Waals surface area contributed by atoms with Crippen LogP contribution in [0.5, 0.6) is 5.75 Å². The monoisotopic (exact) mass is 287 g/mol. The maximum Gasteiger partial charge on any atom is 0.123 e. The average Bonchev–Trinajstić information content (AvgIpc) is 2.70. The lowest BCUT2D eigenvalue weighted by molar-refractivity contribution is 0.268. The van der Waals surface area contributed by atoms with Crippen LogP contribution in [-0.2, 0) is 6.54 Å². The van der Waals surface area contributed by atoms with E-state index in [0.29, 0.717) is 0 Å². The standard InChI is InChI=1S/C18H25NO2/c1-15-5-3-10-19(11-9-15)14-17-13-16(6-4-12-20)7-8-18(17)21-2/h7-8,13,15,20H,3,5,9-12,14H2,1-2H3. The molecule has 0 aromatic heterocycles. The number of ether oxygens (including phenoxy) is 1. The normalized spacial score (nSPS) is 19.5. The van der Waals surface area contributed by atoms with E-state index >= 15 is 0 Å². The molecule has 0 spiro atoms. The smallest absolute Gasteiger partial charge is 0.123 e. The number of methoxy groups -OCH3 is 1. The van der Waals surface area contributed by atoms with Gasteiger partial charge in [0.1, 0.15) is 12.4 Å². The molecule has 0 bridgehead atoms. The fraction of sp³-hybridized carbons (Fsp3) is 0.556. The Morgan fingerprint density at radius 2 is 2.19 bits per heavy atom. The first-order valence-electron chi connectivity index (χ1n) is 7.72. The van der Waals surface area contributed by atoms with E-state index in [2.05, 4.69) is 29.7 Å². The van der Waals surface area contributed by atoms with Crippen LogP contribution in [0.1, 0.15) is 37.3 Å². The van der Waals surface area contributed by atoms with E-state index in [1.54, 1.807) is 7.11 Å². The Bertz CT molecular complexity index is 516. The summed E-state index contributed by atoms with van der Waals surface area (Å²) in [5.74, 6) is 7.42. The van der Waals surface area contributed by atoms with E-state index in [1.807, 2.05) is 12.1 Å². The minimum Gasteiger partial charge on any atom is -0.496 e. The summed E-state index contributed by atoms with van der Waals surface area (Å²) in [4.78, 5) is 2.50. The maximum absolute atomic E-state index is 8.81. The first kappa shape index (κ1) is 15.9. The molecule has 21 heavy (non-hydrogen) atoms. The van der Waals surface area contributed by atoms with Crippen molar-refractivity contribution in [3.8, 4) is 17.6 Å². The third kappa shape index (κ3) is 4.77. The molecule has 1 aromatic carbocycles. The van der Waals surface area contributed by atoms with Crippen molar-refractivity contribution < 1.29 is 9.84 Å². The molecule has 2 rings (SSSR count). The van der Waals surface area contributed by atoms with Crippen LogP contribution in [0.3, 0.4) is 0 Å². The van der Waals surface area contributed by atoms with Crippen molar-refractivity contribution in [2.24, 2.45) is 5.92 Å². The summed E-state index contributed by atoms with van der Waals surface area (Å²) in [6.45, 7) is 5.45. The number of nitrogens with zero attached hydrogens (tertiary/aromatic N) is 1. The predicted molar refractivity (Wildman–Crippen MR) is 85.2 cm³/mol. The number of hydrogen-bond acceptors (Lipinski definition) is 3. The Morgan fingerprint density at radius 1 is 1.33 bits per heavy atom. The molecule has 1 N–H and O–H groups in total. The van der Waals surface area contributed by atoms with Crippen LogP contribution in [-0.4, -0.2) is 36.8 Å². The molecule has 0 aliphatic carbocycles. The molecule has 1 aliphatic rings. The number of benzene rings is 1. The molecule has 1 atom stereocenters. The Morgan fingerprint density at radius 3 is 2.95 bits per heavy atom. The summed E-state index contributed by atoms with van der Waals surface area (Å²) in [7, 11) is 1.71. The number of aliphatic hydroxyl groups excluding tert-OH is 1. The lowest BCUT2D eigenvalue weighted by atomic mass is 10.0. The zero-order chi connectivity index (χ0) is 15.1. The summed E-state index contributed by atoms with van der Waals surface area (Å²) in [6.07, 6.45) is 3.87. The summed E-state index contributed by atoms with van der Waals surface area (Å²) < 4.78 is 5.47. The van der Waals surface area contributed by atoms with Gasteiger partial charge in [-0.2, -0.15) is 0 Å². The molecule has 1 fully saturated rings. The molecule has 1 aliphatic heterocycles. The second-order valence-corrected chi connectivity index (χ2v) is 5.80. The lowest BCUT2D eigenvalue weighted by Gasteiger charge is -2.21. The minimum absolute atomic E-state index is 0.106. The predicted octanol–water partition coefficient (Wildman–Crippen LogP) is 2.66.